The lowest BCUT2D eigenvalue weighted by Crippen LogP contribution is -2.14. The summed E-state index contributed by atoms with van der Waals surface area (Å²) in [6, 6.07) is 1.94. The summed E-state index contributed by atoms with van der Waals surface area (Å²) in [5.74, 6) is -0.728. The smallest absolute Gasteiger partial charge is 0.304 e. The first-order valence-corrected chi connectivity index (χ1v) is 4.92. The van der Waals surface area contributed by atoms with Gasteiger partial charge in [0.1, 0.15) is 0 Å². The van der Waals surface area contributed by atoms with Gasteiger partial charge in [-0.15, -0.1) is 0 Å². The van der Waals surface area contributed by atoms with E-state index in [1.54, 1.807) is 0 Å². The summed E-state index contributed by atoms with van der Waals surface area (Å²) in [6.07, 6.45) is 4.05. The number of carbonyl (C=O) groups is 1. The summed E-state index contributed by atoms with van der Waals surface area (Å²) in [5.41, 5.74) is 0.799. The maximum Gasteiger partial charge on any atom is 0.304 e. The van der Waals surface area contributed by atoms with Crippen molar-refractivity contribution in [2.75, 3.05) is 0 Å². The Balaban J connectivity index is 2.17. The van der Waals surface area contributed by atoms with Gasteiger partial charge in [0.25, 0.3) is 0 Å². The van der Waals surface area contributed by atoms with E-state index in [9.17, 15) is 4.79 Å². The van der Waals surface area contributed by atoms with E-state index in [4.69, 9.17) is 5.11 Å². The molecule has 1 aromatic heterocycles. The highest BCUT2D eigenvalue weighted by molar-refractivity contribution is 5.69. The molecule has 0 amide bonds. The lowest BCUT2D eigenvalue weighted by molar-refractivity contribution is -0.137. The summed E-state index contributed by atoms with van der Waals surface area (Å²) < 4.78 is 1.84. The SMILES string of the molecule is CCn1ccc(C2(CC(=O)O)CC2)n1. The Morgan fingerprint density at radius 3 is 2.86 bits per heavy atom. The molecule has 1 aliphatic rings. The van der Waals surface area contributed by atoms with Gasteiger partial charge in [0, 0.05) is 18.2 Å². The lowest BCUT2D eigenvalue weighted by atomic mass is 9.99. The van der Waals surface area contributed by atoms with Crippen molar-refractivity contribution in [3.8, 4) is 0 Å². The molecule has 0 aromatic carbocycles. The second-order valence-corrected chi connectivity index (χ2v) is 3.91. The van der Waals surface area contributed by atoms with Crippen LogP contribution in [0.4, 0.5) is 0 Å². The van der Waals surface area contributed by atoms with Crippen molar-refractivity contribution >= 4 is 5.97 Å². The number of rotatable bonds is 4. The topological polar surface area (TPSA) is 55.1 Å². The van der Waals surface area contributed by atoms with E-state index in [1.807, 2.05) is 23.9 Å². The van der Waals surface area contributed by atoms with E-state index in [0.717, 1.165) is 25.1 Å². The first-order chi connectivity index (χ1) is 6.66. The largest absolute Gasteiger partial charge is 0.481 e. The van der Waals surface area contributed by atoms with Crippen LogP contribution in [0.2, 0.25) is 0 Å². The number of carboxylic acids is 1. The van der Waals surface area contributed by atoms with Crippen LogP contribution < -0.4 is 0 Å². The fraction of sp³-hybridized carbons (Fsp3) is 0.600. The maximum atomic E-state index is 10.7. The van der Waals surface area contributed by atoms with Crippen LogP contribution >= 0.6 is 0 Å². The minimum atomic E-state index is -0.728. The van der Waals surface area contributed by atoms with Crippen LogP contribution in [0.25, 0.3) is 0 Å². The van der Waals surface area contributed by atoms with E-state index in [0.29, 0.717) is 0 Å². The van der Waals surface area contributed by atoms with Crippen molar-refractivity contribution in [2.45, 2.75) is 38.1 Å². The van der Waals surface area contributed by atoms with Gasteiger partial charge in [-0.1, -0.05) is 0 Å². The van der Waals surface area contributed by atoms with Gasteiger partial charge < -0.3 is 5.11 Å². The van der Waals surface area contributed by atoms with Gasteiger partial charge >= 0.3 is 5.97 Å². The molecule has 1 aromatic rings. The van der Waals surface area contributed by atoms with Crippen molar-refractivity contribution in [3.05, 3.63) is 18.0 Å². The summed E-state index contributed by atoms with van der Waals surface area (Å²) in [6.45, 7) is 2.86. The average Bonchev–Trinajstić information content (AvgIpc) is 2.76. The van der Waals surface area contributed by atoms with E-state index in [2.05, 4.69) is 5.10 Å². The number of aromatic nitrogens is 2. The zero-order chi connectivity index (χ0) is 10.2. The number of carboxylic acid groups (broad SMARTS) is 1. The highest BCUT2D eigenvalue weighted by atomic mass is 16.4. The predicted octanol–water partition coefficient (Wildman–Crippen LogP) is 1.41. The van der Waals surface area contributed by atoms with Crippen LogP contribution in [0.15, 0.2) is 12.3 Å². The van der Waals surface area contributed by atoms with Gasteiger partial charge in [-0.05, 0) is 25.8 Å². The molecular formula is C10H14N2O2. The minimum Gasteiger partial charge on any atom is -0.481 e. The van der Waals surface area contributed by atoms with Crippen molar-refractivity contribution in [1.29, 1.82) is 0 Å². The third-order valence-corrected chi connectivity index (χ3v) is 2.85. The molecule has 0 aliphatic heterocycles. The molecule has 0 unspecified atom stereocenters. The molecule has 0 bridgehead atoms. The molecule has 0 saturated heterocycles. The quantitative estimate of drug-likeness (QED) is 0.788. The van der Waals surface area contributed by atoms with E-state index < -0.39 is 5.97 Å². The minimum absolute atomic E-state index is 0.147. The molecule has 1 aliphatic carbocycles. The van der Waals surface area contributed by atoms with Gasteiger partial charge in [0.2, 0.25) is 0 Å². The highest BCUT2D eigenvalue weighted by Gasteiger charge is 2.47. The van der Waals surface area contributed by atoms with Crippen LogP contribution in [-0.4, -0.2) is 20.9 Å². The van der Waals surface area contributed by atoms with Gasteiger partial charge in [-0.2, -0.15) is 5.10 Å². The third kappa shape index (κ3) is 1.52. The first kappa shape index (κ1) is 9.24. The average molecular weight is 194 g/mol. The Hall–Kier alpha value is -1.32. The van der Waals surface area contributed by atoms with Gasteiger partial charge in [-0.3, -0.25) is 9.48 Å². The Morgan fingerprint density at radius 1 is 1.71 bits per heavy atom. The van der Waals surface area contributed by atoms with E-state index in [-0.39, 0.29) is 11.8 Å². The third-order valence-electron chi connectivity index (χ3n) is 2.85. The Kier molecular flexibility index (Phi) is 2.06. The number of hydrogen-bond donors (Lipinski definition) is 1. The van der Waals surface area contributed by atoms with Crippen molar-refractivity contribution in [2.24, 2.45) is 0 Å². The Bertz CT molecular complexity index is 353. The zero-order valence-electron chi connectivity index (χ0n) is 8.23. The number of hydrogen-bond acceptors (Lipinski definition) is 2. The van der Waals surface area contributed by atoms with Gasteiger partial charge in [0.15, 0.2) is 0 Å². The molecule has 76 valence electrons. The fourth-order valence-corrected chi connectivity index (χ4v) is 1.78. The summed E-state index contributed by atoms with van der Waals surface area (Å²) in [7, 11) is 0. The van der Waals surface area contributed by atoms with Gasteiger partial charge in [-0.25, -0.2) is 0 Å². The molecule has 1 heterocycles. The van der Waals surface area contributed by atoms with E-state index >= 15 is 0 Å². The highest BCUT2D eigenvalue weighted by Crippen LogP contribution is 2.50. The molecule has 14 heavy (non-hydrogen) atoms. The molecule has 2 rings (SSSR count). The van der Waals surface area contributed by atoms with Crippen LogP contribution in [0.1, 0.15) is 31.9 Å². The number of aliphatic carboxylic acids is 1. The molecule has 1 fully saturated rings. The normalized spacial score (nSPS) is 18.1. The van der Waals surface area contributed by atoms with Crippen molar-refractivity contribution in [3.63, 3.8) is 0 Å². The van der Waals surface area contributed by atoms with Crippen LogP contribution in [0.5, 0.6) is 0 Å². The molecule has 0 radical (unpaired) electrons. The molecule has 0 spiro atoms. The van der Waals surface area contributed by atoms with Gasteiger partial charge in [0.05, 0.1) is 12.1 Å². The zero-order valence-corrected chi connectivity index (χ0v) is 8.23. The number of nitrogens with zero attached hydrogens (tertiary/aromatic N) is 2. The summed E-state index contributed by atoms with van der Waals surface area (Å²) in [5, 5.41) is 13.1. The van der Waals surface area contributed by atoms with Crippen LogP contribution in [-0.2, 0) is 16.8 Å². The van der Waals surface area contributed by atoms with Crippen LogP contribution in [0.3, 0.4) is 0 Å². The predicted molar refractivity (Wildman–Crippen MR) is 51.1 cm³/mol. The monoisotopic (exact) mass is 194 g/mol. The molecule has 4 nitrogen and oxygen atoms in total. The molecule has 1 saturated carbocycles. The Labute approximate surface area is 82.5 Å². The molecule has 0 atom stereocenters. The van der Waals surface area contributed by atoms with Crippen molar-refractivity contribution < 1.29 is 9.90 Å². The van der Waals surface area contributed by atoms with E-state index in [1.165, 1.54) is 0 Å². The molecule has 1 N–H and O–H groups in total. The van der Waals surface area contributed by atoms with Crippen LogP contribution in [0, 0.1) is 0 Å². The summed E-state index contributed by atoms with van der Waals surface area (Å²) >= 11 is 0. The molecular weight excluding hydrogens is 180 g/mol. The fourth-order valence-electron chi connectivity index (χ4n) is 1.78. The Morgan fingerprint density at radius 2 is 2.43 bits per heavy atom. The standard InChI is InChI=1S/C10H14N2O2/c1-2-12-6-3-8(11-12)10(4-5-10)7-9(13)14/h3,6H,2,4-5,7H2,1H3,(H,13,14). The number of aryl methyl sites for hydroxylation is 1. The van der Waals surface area contributed by atoms with Crippen molar-refractivity contribution in [1.82, 2.24) is 9.78 Å². The summed E-state index contributed by atoms with van der Waals surface area (Å²) in [4.78, 5) is 10.7. The second kappa shape index (κ2) is 3.12. The maximum absolute atomic E-state index is 10.7. The molecule has 4 heteroatoms. The second-order valence-electron chi connectivity index (χ2n) is 3.91. The lowest BCUT2D eigenvalue weighted by Gasteiger charge is -2.08. The first-order valence-electron chi connectivity index (χ1n) is 4.92.